The number of nitrogens with one attached hydrogen (secondary N) is 1. The van der Waals surface area contributed by atoms with Crippen molar-refractivity contribution in [3.8, 4) is 5.75 Å². The molecule has 0 radical (unpaired) electrons. The van der Waals surface area contributed by atoms with Crippen LogP contribution in [0.5, 0.6) is 5.75 Å². The lowest BCUT2D eigenvalue weighted by atomic mass is 9.95. The summed E-state index contributed by atoms with van der Waals surface area (Å²) in [5, 5.41) is 2.15. The Hall–Kier alpha value is -2.82. The topological polar surface area (TPSA) is 64.1 Å². The minimum atomic E-state index is -0.290. The summed E-state index contributed by atoms with van der Waals surface area (Å²) in [6.45, 7) is 0. The van der Waals surface area contributed by atoms with Crippen molar-refractivity contribution in [2.75, 3.05) is 0 Å². The summed E-state index contributed by atoms with van der Waals surface area (Å²) in [4.78, 5) is 28.8. The molecule has 0 aliphatic heterocycles. The minimum Gasteiger partial charge on any atom is -0.484 e. The molecule has 2 aliphatic rings. The Morgan fingerprint density at radius 2 is 1.71 bits per heavy atom. The molecule has 1 fully saturated rings. The zero-order valence-corrected chi connectivity index (χ0v) is 15.8. The van der Waals surface area contributed by atoms with E-state index in [2.05, 4.69) is 17.1 Å². The van der Waals surface area contributed by atoms with Gasteiger partial charge in [0.1, 0.15) is 11.9 Å². The fourth-order valence-electron chi connectivity index (χ4n) is 4.78. The van der Waals surface area contributed by atoms with E-state index in [0.29, 0.717) is 18.5 Å². The van der Waals surface area contributed by atoms with Gasteiger partial charge in [0.05, 0.1) is 5.69 Å². The van der Waals surface area contributed by atoms with Crippen molar-refractivity contribution < 1.29 is 4.74 Å². The van der Waals surface area contributed by atoms with Gasteiger partial charge in [-0.05, 0) is 37.1 Å². The predicted molar refractivity (Wildman–Crippen MR) is 109 cm³/mol. The van der Waals surface area contributed by atoms with Crippen molar-refractivity contribution >= 4 is 10.8 Å². The molecule has 5 nitrogen and oxygen atoms in total. The smallest absolute Gasteiger partial charge is 0.328 e. The number of hydrogen-bond acceptors (Lipinski definition) is 3. The van der Waals surface area contributed by atoms with Crippen LogP contribution >= 0.6 is 0 Å². The van der Waals surface area contributed by atoms with E-state index in [9.17, 15) is 9.59 Å². The third kappa shape index (κ3) is 2.86. The molecule has 3 aromatic rings. The minimum absolute atomic E-state index is 0.0355. The van der Waals surface area contributed by atoms with Gasteiger partial charge in [0.15, 0.2) is 0 Å². The van der Waals surface area contributed by atoms with Gasteiger partial charge in [-0.3, -0.25) is 9.36 Å². The van der Waals surface area contributed by atoms with Crippen LogP contribution in [0.3, 0.4) is 0 Å². The standard InChI is InChI=1S/C23H24N2O3/c26-22-18-13-14-20(28-19-12-6-8-15-7-4-5-11-17(15)19)21(18)24-23(27)25(22)16-9-2-1-3-10-16/h4-8,11-12,16,20H,1-3,9-10,13-14H2,(H,24,27). The average molecular weight is 376 g/mol. The molecule has 1 aromatic heterocycles. The number of hydrogen-bond donors (Lipinski definition) is 1. The Bertz CT molecular complexity index is 1130. The molecule has 2 aliphatic carbocycles. The molecule has 5 rings (SSSR count). The highest BCUT2D eigenvalue weighted by Gasteiger charge is 2.31. The lowest BCUT2D eigenvalue weighted by Crippen LogP contribution is -2.41. The number of aromatic amines is 1. The summed E-state index contributed by atoms with van der Waals surface area (Å²) in [5.41, 5.74) is 0.976. The first kappa shape index (κ1) is 17.3. The zero-order valence-electron chi connectivity index (χ0n) is 15.8. The summed E-state index contributed by atoms with van der Waals surface area (Å²) in [5.74, 6) is 0.785. The maximum atomic E-state index is 13.1. The maximum absolute atomic E-state index is 13.1. The third-order valence-corrected chi connectivity index (χ3v) is 6.20. The van der Waals surface area contributed by atoms with Crippen molar-refractivity contribution in [2.24, 2.45) is 0 Å². The van der Waals surface area contributed by atoms with E-state index in [1.165, 1.54) is 11.0 Å². The number of benzene rings is 2. The molecule has 0 spiro atoms. The van der Waals surface area contributed by atoms with E-state index < -0.39 is 0 Å². The molecular formula is C23H24N2O3. The van der Waals surface area contributed by atoms with Crippen molar-refractivity contribution in [3.05, 3.63) is 74.6 Å². The van der Waals surface area contributed by atoms with Crippen LogP contribution in [0.1, 0.15) is 61.9 Å². The lowest BCUT2D eigenvalue weighted by molar-refractivity contribution is 0.205. The van der Waals surface area contributed by atoms with Crippen LogP contribution in [-0.4, -0.2) is 9.55 Å². The van der Waals surface area contributed by atoms with Crippen LogP contribution in [0.25, 0.3) is 10.8 Å². The average Bonchev–Trinajstić information content (AvgIpc) is 3.12. The summed E-state index contributed by atoms with van der Waals surface area (Å²) in [7, 11) is 0. The number of ether oxygens (including phenoxy) is 1. The van der Waals surface area contributed by atoms with Gasteiger partial charge < -0.3 is 9.72 Å². The molecule has 1 saturated carbocycles. The number of nitrogens with zero attached hydrogens (tertiary/aromatic N) is 1. The highest BCUT2D eigenvalue weighted by molar-refractivity contribution is 5.88. The Morgan fingerprint density at radius 1 is 0.929 bits per heavy atom. The van der Waals surface area contributed by atoms with Gasteiger partial charge in [-0.15, -0.1) is 0 Å². The fraction of sp³-hybridized carbons (Fsp3) is 0.391. The van der Waals surface area contributed by atoms with E-state index in [1.807, 2.05) is 30.3 Å². The van der Waals surface area contributed by atoms with E-state index >= 15 is 0 Å². The van der Waals surface area contributed by atoms with Crippen molar-refractivity contribution in [1.29, 1.82) is 0 Å². The first-order valence-corrected chi connectivity index (χ1v) is 10.2. The molecule has 0 saturated heterocycles. The van der Waals surface area contributed by atoms with E-state index in [1.54, 1.807) is 0 Å². The SMILES string of the molecule is O=c1[nH]c2c(c(=O)n1C1CCCCC1)CCC2Oc1cccc2ccccc12. The highest BCUT2D eigenvalue weighted by Crippen LogP contribution is 2.35. The van der Waals surface area contributed by atoms with Gasteiger partial charge in [0.2, 0.25) is 0 Å². The number of aromatic nitrogens is 2. The normalized spacial score (nSPS) is 19.6. The summed E-state index contributed by atoms with van der Waals surface area (Å²) in [6.07, 6.45) is 6.25. The van der Waals surface area contributed by atoms with Gasteiger partial charge in [-0.2, -0.15) is 0 Å². The monoisotopic (exact) mass is 376 g/mol. The highest BCUT2D eigenvalue weighted by atomic mass is 16.5. The Labute approximate surface area is 163 Å². The molecule has 144 valence electrons. The van der Waals surface area contributed by atoms with Gasteiger partial charge in [-0.1, -0.05) is 55.7 Å². The Morgan fingerprint density at radius 3 is 2.57 bits per heavy atom. The number of H-pyrrole nitrogens is 1. The van der Waals surface area contributed by atoms with Gasteiger partial charge in [-0.25, -0.2) is 4.79 Å². The van der Waals surface area contributed by atoms with Crippen LogP contribution < -0.4 is 16.0 Å². The Kier molecular flexibility index (Phi) is 4.30. The largest absolute Gasteiger partial charge is 0.484 e. The van der Waals surface area contributed by atoms with Gasteiger partial charge >= 0.3 is 5.69 Å². The number of rotatable bonds is 3. The van der Waals surface area contributed by atoms with Gasteiger partial charge in [0, 0.05) is 17.0 Å². The lowest BCUT2D eigenvalue weighted by Gasteiger charge is -2.23. The Balaban J connectivity index is 1.51. The molecule has 1 N–H and O–H groups in total. The zero-order chi connectivity index (χ0) is 19.1. The summed E-state index contributed by atoms with van der Waals surface area (Å²) < 4.78 is 7.76. The van der Waals surface area contributed by atoms with E-state index in [-0.39, 0.29) is 23.4 Å². The molecular weight excluding hydrogens is 352 g/mol. The van der Waals surface area contributed by atoms with Gasteiger partial charge in [0.25, 0.3) is 5.56 Å². The molecule has 5 heteroatoms. The van der Waals surface area contributed by atoms with Crippen LogP contribution in [0, 0.1) is 0 Å². The van der Waals surface area contributed by atoms with Crippen molar-refractivity contribution in [1.82, 2.24) is 9.55 Å². The summed E-state index contributed by atoms with van der Waals surface area (Å²) in [6, 6.07) is 14.1. The second-order valence-corrected chi connectivity index (χ2v) is 7.91. The molecule has 2 aromatic carbocycles. The van der Waals surface area contributed by atoms with Crippen molar-refractivity contribution in [3.63, 3.8) is 0 Å². The third-order valence-electron chi connectivity index (χ3n) is 6.20. The second-order valence-electron chi connectivity index (χ2n) is 7.91. The molecule has 1 atom stereocenters. The molecule has 1 heterocycles. The van der Waals surface area contributed by atoms with Crippen LogP contribution in [0.2, 0.25) is 0 Å². The molecule has 1 unspecified atom stereocenters. The molecule has 28 heavy (non-hydrogen) atoms. The number of fused-ring (bicyclic) bond motifs is 2. The van der Waals surface area contributed by atoms with E-state index in [4.69, 9.17) is 4.74 Å². The predicted octanol–water partition coefficient (Wildman–Crippen LogP) is 4.26. The molecule has 0 bridgehead atoms. The maximum Gasteiger partial charge on any atom is 0.328 e. The van der Waals surface area contributed by atoms with Crippen molar-refractivity contribution in [2.45, 2.75) is 57.1 Å². The van der Waals surface area contributed by atoms with E-state index in [0.717, 1.165) is 47.8 Å². The van der Waals surface area contributed by atoms with Crippen LogP contribution in [0.4, 0.5) is 0 Å². The first-order valence-electron chi connectivity index (χ1n) is 10.2. The second kappa shape index (κ2) is 6.97. The quantitative estimate of drug-likeness (QED) is 0.743. The first-order chi connectivity index (χ1) is 13.7. The van der Waals surface area contributed by atoms with Crippen LogP contribution in [0.15, 0.2) is 52.1 Å². The fourth-order valence-corrected chi connectivity index (χ4v) is 4.78. The molecule has 0 amide bonds. The van der Waals surface area contributed by atoms with Crippen LogP contribution in [-0.2, 0) is 6.42 Å². The summed E-state index contributed by atoms with van der Waals surface area (Å²) >= 11 is 0.